The van der Waals surface area contributed by atoms with Gasteiger partial charge in [-0.1, -0.05) is 13.8 Å². The summed E-state index contributed by atoms with van der Waals surface area (Å²) in [6.45, 7) is 6.48. The van der Waals surface area contributed by atoms with Gasteiger partial charge in [0, 0.05) is 12.8 Å². The van der Waals surface area contributed by atoms with Crippen molar-refractivity contribution in [2.45, 2.75) is 77.1 Å². The predicted molar refractivity (Wildman–Crippen MR) is 87.8 cm³/mol. The Morgan fingerprint density at radius 3 is 2.39 bits per heavy atom. The van der Waals surface area contributed by atoms with E-state index in [1.54, 1.807) is 0 Å². The van der Waals surface area contributed by atoms with Crippen molar-refractivity contribution in [3.63, 3.8) is 0 Å². The molecule has 4 saturated carbocycles. The third kappa shape index (κ3) is 1.88. The van der Waals surface area contributed by atoms with Crippen molar-refractivity contribution in [1.29, 1.82) is 0 Å². The molecule has 7 atom stereocenters. The van der Waals surface area contributed by atoms with Crippen LogP contribution in [0.5, 0.6) is 0 Å². The summed E-state index contributed by atoms with van der Waals surface area (Å²) in [5, 5.41) is 10.6. The van der Waals surface area contributed by atoms with Crippen LogP contribution < -0.4 is 0 Å². The van der Waals surface area contributed by atoms with Gasteiger partial charge in [-0.25, -0.2) is 0 Å². The smallest absolute Gasteiger partial charge is 0.169 e. The summed E-state index contributed by atoms with van der Waals surface area (Å²) in [4.78, 5) is 0. The monoisotopic (exact) mass is 320 g/mol. The van der Waals surface area contributed by atoms with Gasteiger partial charge >= 0.3 is 0 Å². The molecule has 1 spiro atoms. The highest BCUT2D eigenvalue weighted by atomic mass is 16.7. The van der Waals surface area contributed by atoms with E-state index in [4.69, 9.17) is 9.47 Å². The van der Waals surface area contributed by atoms with E-state index >= 15 is 0 Å². The number of fused-ring (bicyclic) bond motifs is 5. The average Bonchev–Trinajstić information content (AvgIpc) is 3.16. The van der Waals surface area contributed by atoms with Gasteiger partial charge in [0.2, 0.25) is 0 Å². The second kappa shape index (κ2) is 4.74. The van der Waals surface area contributed by atoms with E-state index in [0.29, 0.717) is 5.41 Å². The minimum Gasteiger partial charge on any atom is -0.393 e. The van der Waals surface area contributed by atoms with E-state index in [1.807, 2.05) is 0 Å². The van der Waals surface area contributed by atoms with Crippen molar-refractivity contribution < 1.29 is 14.6 Å². The summed E-state index contributed by atoms with van der Waals surface area (Å²) >= 11 is 0. The fourth-order valence-electron chi connectivity index (χ4n) is 7.86. The number of hydrogen-bond donors (Lipinski definition) is 1. The van der Waals surface area contributed by atoms with Crippen LogP contribution in [0.15, 0.2) is 0 Å². The van der Waals surface area contributed by atoms with Crippen molar-refractivity contribution in [2.75, 3.05) is 13.2 Å². The molecule has 5 rings (SSSR count). The topological polar surface area (TPSA) is 38.7 Å². The normalized spacial score (nSPS) is 57.3. The first-order valence-electron chi connectivity index (χ1n) is 9.93. The molecule has 0 aromatic heterocycles. The molecule has 4 aliphatic carbocycles. The summed E-state index contributed by atoms with van der Waals surface area (Å²) in [5.41, 5.74) is 0.586. The Morgan fingerprint density at radius 2 is 1.61 bits per heavy atom. The van der Waals surface area contributed by atoms with Gasteiger partial charge in [0.15, 0.2) is 5.79 Å². The molecule has 1 aliphatic heterocycles. The van der Waals surface area contributed by atoms with Crippen molar-refractivity contribution in [3.8, 4) is 0 Å². The van der Waals surface area contributed by atoms with Crippen LogP contribution in [-0.4, -0.2) is 30.2 Å². The fourth-order valence-corrected chi connectivity index (χ4v) is 7.86. The van der Waals surface area contributed by atoms with Crippen molar-refractivity contribution in [2.24, 2.45) is 34.5 Å². The maximum absolute atomic E-state index is 10.6. The molecule has 3 heteroatoms. The first kappa shape index (κ1) is 15.2. The van der Waals surface area contributed by atoms with Gasteiger partial charge in [-0.2, -0.15) is 0 Å². The molecule has 1 saturated heterocycles. The predicted octanol–water partition coefficient (Wildman–Crippen LogP) is 3.74. The van der Waals surface area contributed by atoms with Crippen LogP contribution in [0.2, 0.25) is 0 Å². The lowest BCUT2D eigenvalue weighted by molar-refractivity contribution is -0.162. The van der Waals surface area contributed by atoms with Crippen LogP contribution in [0.3, 0.4) is 0 Å². The lowest BCUT2D eigenvalue weighted by Gasteiger charge is -2.57. The van der Waals surface area contributed by atoms with Crippen LogP contribution in [0.25, 0.3) is 0 Å². The second-order valence-electron chi connectivity index (χ2n) is 9.78. The molecular formula is C20H32O3. The Kier molecular flexibility index (Phi) is 3.12. The van der Waals surface area contributed by atoms with Gasteiger partial charge in [-0.05, 0) is 73.0 Å². The van der Waals surface area contributed by atoms with E-state index in [9.17, 15) is 5.11 Å². The van der Waals surface area contributed by atoms with Gasteiger partial charge in [0.25, 0.3) is 0 Å². The first-order valence-corrected chi connectivity index (χ1v) is 9.93. The van der Waals surface area contributed by atoms with Gasteiger partial charge in [0.05, 0.1) is 19.3 Å². The van der Waals surface area contributed by atoms with Crippen molar-refractivity contribution >= 4 is 0 Å². The summed E-state index contributed by atoms with van der Waals surface area (Å²) < 4.78 is 12.2. The zero-order chi connectivity index (χ0) is 15.9. The molecule has 0 radical (unpaired) electrons. The Bertz CT molecular complexity index is 499. The molecule has 23 heavy (non-hydrogen) atoms. The zero-order valence-electron chi connectivity index (χ0n) is 14.7. The molecule has 0 bridgehead atoms. The van der Waals surface area contributed by atoms with Gasteiger partial charge < -0.3 is 14.6 Å². The standard InChI is InChI=1S/C20H32O3/c1-18-8-7-16-14(15(18)5-6-17(18)21)4-3-13-11-20(12-19(13,16)2)22-9-10-23-20/h13-17,21H,3-12H2,1-2H3/t13?,14-,15?,16-,17?,18-,19-/m0/s1. The Labute approximate surface area is 140 Å². The maximum atomic E-state index is 10.6. The molecule has 0 aromatic carbocycles. The molecule has 1 N–H and O–H groups in total. The third-order valence-electron chi connectivity index (χ3n) is 9.04. The minimum absolute atomic E-state index is 0.0598. The highest BCUT2D eigenvalue weighted by Crippen LogP contribution is 2.68. The number of aliphatic hydroxyl groups is 1. The molecule has 3 unspecified atom stereocenters. The Hall–Kier alpha value is -0.120. The lowest BCUT2D eigenvalue weighted by Crippen LogP contribution is -2.51. The minimum atomic E-state index is -0.246. The van der Waals surface area contributed by atoms with Crippen molar-refractivity contribution in [1.82, 2.24) is 0 Å². The molecule has 5 fully saturated rings. The number of ether oxygens (including phenoxy) is 2. The largest absolute Gasteiger partial charge is 0.393 e. The summed E-state index contributed by atoms with van der Waals surface area (Å²) in [7, 11) is 0. The van der Waals surface area contributed by atoms with Gasteiger partial charge in [0.1, 0.15) is 0 Å². The van der Waals surface area contributed by atoms with Crippen LogP contribution in [-0.2, 0) is 9.47 Å². The molecule has 1 heterocycles. The second-order valence-corrected chi connectivity index (χ2v) is 9.78. The fraction of sp³-hybridized carbons (Fsp3) is 1.00. The highest BCUT2D eigenvalue weighted by molar-refractivity contribution is 5.12. The average molecular weight is 320 g/mol. The van der Waals surface area contributed by atoms with Crippen molar-refractivity contribution in [3.05, 3.63) is 0 Å². The molecule has 0 amide bonds. The first-order chi connectivity index (χ1) is 11.0. The number of hydrogen-bond acceptors (Lipinski definition) is 3. The summed E-state index contributed by atoms with van der Waals surface area (Å²) in [5.74, 6) is 2.92. The molecule has 5 aliphatic rings. The lowest BCUT2D eigenvalue weighted by atomic mass is 9.48. The Morgan fingerprint density at radius 1 is 0.870 bits per heavy atom. The molecular weight excluding hydrogens is 288 g/mol. The van der Waals surface area contributed by atoms with E-state index in [1.165, 1.54) is 32.1 Å². The third-order valence-corrected chi connectivity index (χ3v) is 9.04. The summed E-state index contributed by atoms with van der Waals surface area (Å²) in [6.07, 6.45) is 9.68. The van der Waals surface area contributed by atoms with E-state index < -0.39 is 0 Å². The van der Waals surface area contributed by atoms with E-state index in [0.717, 1.165) is 56.1 Å². The summed E-state index contributed by atoms with van der Waals surface area (Å²) in [6, 6.07) is 0. The zero-order valence-corrected chi connectivity index (χ0v) is 14.7. The molecule has 0 aromatic rings. The van der Waals surface area contributed by atoms with Crippen LogP contribution >= 0.6 is 0 Å². The van der Waals surface area contributed by atoms with E-state index in [-0.39, 0.29) is 17.3 Å². The van der Waals surface area contributed by atoms with Crippen LogP contribution in [0, 0.1) is 34.5 Å². The molecule has 3 nitrogen and oxygen atoms in total. The quantitative estimate of drug-likeness (QED) is 0.739. The van der Waals surface area contributed by atoms with Crippen LogP contribution in [0.1, 0.15) is 65.2 Å². The molecule has 130 valence electrons. The van der Waals surface area contributed by atoms with Gasteiger partial charge in [-0.15, -0.1) is 0 Å². The maximum Gasteiger partial charge on any atom is 0.169 e. The number of rotatable bonds is 0. The van der Waals surface area contributed by atoms with Gasteiger partial charge in [-0.3, -0.25) is 0 Å². The highest BCUT2D eigenvalue weighted by Gasteiger charge is 2.64. The SMILES string of the molecule is C[C@]12CC[C@H]3[C@@H](CCC4CC5(C[C@@]43C)OCCO5)C1CCC2O. The van der Waals surface area contributed by atoms with Crippen LogP contribution in [0.4, 0.5) is 0 Å². The number of aliphatic hydroxyl groups excluding tert-OH is 1. The van der Waals surface area contributed by atoms with E-state index in [2.05, 4.69) is 13.8 Å². The Balaban J connectivity index is 1.46.